The molecular weight excluding hydrogens is 397 g/mol. The minimum absolute atomic E-state index is 0.142. The molecule has 1 heterocycles. The molecule has 1 amide bonds. The van der Waals surface area contributed by atoms with Gasteiger partial charge < -0.3 is 10.6 Å². The number of amides is 1. The second kappa shape index (κ2) is 8.82. The van der Waals surface area contributed by atoms with Gasteiger partial charge in [-0.3, -0.25) is 14.9 Å². The number of halogens is 1. The Labute approximate surface area is 170 Å². The van der Waals surface area contributed by atoms with E-state index in [0.29, 0.717) is 17.5 Å². The Morgan fingerprint density at radius 3 is 2.76 bits per heavy atom. The molecule has 150 valence electrons. The van der Waals surface area contributed by atoms with Crippen LogP contribution in [0.1, 0.15) is 13.8 Å². The maximum atomic E-state index is 13.5. The molecule has 0 fully saturated rings. The van der Waals surface area contributed by atoms with Gasteiger partial charge in [0.2, 0.25) is 11.7 Å². The van der Waals surface area contributed by atoms with Crippen LogP contribution in [0, 0.1) is 15.9 Å². The largest absolute Gasteiger partial charge is 0.370 e. The first-order chi connectivity index (χ1) is 13.9. The van der Waals surface area contributed by atoms with Crippen molar-refractivity contribution in [2.45, 2.75) is 24.3 Å². The van der Waals surface area contributed by atoms with E-state index in [9.17, 15) is 19.3 Å². The number of nitro benzene ring substituents is 1. The van der Waals surface area contributed by atoms with E-state index in [1.54, 1.807) is 6.92 Å². The molecule has 8 nitrogen and oxygen atoms in total. The molecule has 2 aromatic carbocycles. The molecule has 3 rings (SSSR count). The molecule has 0 aliphatic rings. The van der Waals surface area contributed by atoms with E-state index >= 15 is 0 Å². The van der Waals surface area contributed by atoms with Gasteiger partial charge in [-0.1, -0.05) is 23.9 Å². The number of hydrogen-bond donors (Lipinski definition) is 2. The molecule has 2 N–H and O–H groups in total. The van der Waals surface area contributed by atoms with E-state index in [-0.39, 0.29) is 5.69 Å². The van der Waals surface area contributed by atoms with Gasteiger partial charge in [0.25, 0.3) is 0 Å². The van der Waals surface area contributed by atoms with Crippen LogP contribution in [0.15, 0.2) is 47.6 Å². The number of para-hydroxylation sites is 1. The number of fused-ring (bicyclic) bond motifs is 1. The van der Waals surface area contributed by atoms with Crippen LogP contribution < -0.4 is 10.6 Å². The molecule has 1 aromatic heterocycles. The first-order valence-electron chi connectivity index (χ1n) is 8.81. The predicted molar refractivity (Wildman–Crippen MR) is 111 cm³/mol. The lowest BCUT2D eigenvalue weighted by Gasteiger charge is -2.13. The number of hydrogen-bond acceptors (Lipinski definition) is 7. The monoisotopic (exact) mass is 415 g/mol. The van der Waals surface area contributed by atoms with Gasteiger partial charge in [0, 0.05) is 23.7 Å². The summed E-state index contributed by atoms with van der Waals surface area (Å²) in [4.78, 5) is 31.5. The molecule has 0 bridgehead atoms. The summed E-state index contributed by atoms with van der Waals surface area (Å²) < 4.78 is 13.5. The number of anilines is 2. The minimum Gasteiger partial charge on any atom is -0.370 e. The van der Waals surface area contributed by atoms with E-state index in [1.807, 2.05) is 31.2 Å². The van der Waals surface area contributed by atoms with Gasteiger partial charge >= 0.3 is 5.69 Å². The number of aromatic nitrogens is 2. The standard InChI is InChI=1S/C19H18FN5O3S/c1-3-21-17-13-6-4-5-7-15(13)23-19(24-17)29-11(2)18(26)22-12-8-9-14(20)16(10-12)25(27)28/h4-11H,3H2,1-2H3,(H,22,26)(H,21,23,24). The maximum absolute atomic E-state index is 13.5. The fourth-order valence-electron chi connectivity index (χ4n) is 2.60. The summed E-state index contributed by atoms with van der Waals surface area (Å²) in [6.45, 7) is 4.32. The summed E-state index contributed by atoms with van der Waals surface area (Å²) in [6, 6.07) is 10.8. The lowest BCUT2D eigenvalue weighted by molar-refractivity contribution is -0.387. The number of rotatable bonds is 7. The van der Waals surface area contributed by atoms with Gasteiger partial charge in [0.05, 0.1) is 15.7 Å². The van der Waals surface area contributed by atoms with Crippen molar-refractivity contribution in [1.29, 1.82) is 0 Å². The summed E-state index contributed by atoms with van der Waals surface area (Å²) in [5.74, 6) is -0.684. The highest BCUT2D eigenvalue weighted by atomic mass is 32.2. The molecule has 0 saturated carbocycles. The third-order valence-electron chi connectivity index (χ3n) is 3.99. The van der Waals surface area contributed by atoms with Crippen molar-refractivity contribution in [2.75, 3.05) is 17.2 Å². The Balaban J connectivity index is 1.77. The zero-order valence-corrected chi connectivity index (χ0v) is 16.5. The summed E-state index contributed by atoms with van der Waals surface area (Å²) in [7, 11) is 0. The minimum atomic E-state index is -0.962. The lowest BCUT2D eigenvalue weighted by Crippen LogP contribution is -2.22. The normalized spacial score (nSPS) is 11.8. The van der Waals surface area contributed by atoms with Gasteiger partial charge in [-0.15, -0.1) is 0 Å². The number of nitrogens with zero attached hydrogens (tertiary/aromatic N) is 3. The van der Waals surface area contributed by atoms with E-state index in [2.05, 4.69) is 20.6 Å². The summed E-state index contributed by atoms with van der Waals surface area (Å²) in [5, 5.41) is 17.3. The Hall–Kier alpha value is -3.27. The lowest BCUT2D eigenvalue weighted by atomic mass is 10.2. The van der Waals surface area contributed by atoms with Crippen LogP contribution in [-0.2, 0) is 4.79 Å². The molecule has 3 aromatic rings. The van der Waals surface area contributed by atoms with Gasteiger partial charge in [-0.2, -0.15) is 4.39 Å². The molecule has 1 atom stereocenters. The second-order valence-electron chi connectivity index (χ2n) is 6.07. The quantitative estimate of drug-likeness (QED) is 0.257. The summed E-state index contributed by atoms with van der Waals surface area (Å²) in [5.41, 5.74) is 0.197. The highest BCUT2D eigenvalue weighted by molar-refractivity contribution is 8.00. The van der Waals surface area contributed by atoms with Crippen molar-refractivity contribution < 1.29 is 14.1 Å². The van der Waals surface area contributed by atoms with E-state index in [4.69, 9.17) is 0 Å². The molecule has 1 unspecified atom stereocenters. The molecule has 0 radical (unpaired) electrons. The topological polar surface area (TPSA) is 110 Å². The SMILES string of the molecule is CCNc1nc(SC(C)C(=O)Nc2ccc(F)c([N+](=O)[O-])c2)nc2ccccc12. The average Bonchev–Trinajstić information content (AvgIpc) is 2.69. The van der Waals surface area contributed by atoms with Crippen molar-refractivity contribution >= 4 is 45.8 Å². The van der Waals surface area contributed by atoms with E-state index in [1.165, 1.54) is 6.07 Å². The smallest absolute Gasteiger partial charge is 0.306 e. The Bertz CT molecular complexity index is 1080. The maximum Gasteiger partial charge on any atom is 0.306 e. The highest BCUT2D eigenvalue weighted by Crippen LogP contribution is 2.28. The molecule has 29 heavy (non-hydrogen) atoms. The second-order valence-corrected chi connectivity index (χ2v) is 7.38. The Morgan fingerprint density at radius 2 is 2.03 bits per heavy atom. The molecule has 0 aliphatic heterocycles. The first kappa shape index (κ1) is 20.5. The van der Waals surface area contributed by atoms with Crippen molar-refractivity contribution in [3.05, 3.63) is 58.4 Å². The van der Waals surface area contributed by atoms with Gasteiger partial charge in [-0.05, 0) is 38.1 Å². The van der Waals surface area contributed by atoms with Crippen LogP contribution in [0.3, 0.4) is 0 Å². The predicted octanol–water partition coefficient (Wildman–Crippen LogP) is 4.23. The van der Waals surface area contributed by atoms with Crippen LogP contribution in [0.2, 0.25) is 0 Å². The fourth-order valence-corrected chi connectivity index (χ4v) is 3.37. The zero-order chi connectivity index (χ0) is 21.0. The van der Waals surface area contributed by atoms with Crippen LogP contribution in [-0.4, -0.2) is 32.6 Å². The first-order valence-corrected chi connectivity index (χ1v) is 9.69. The van der Waals surface area contributed by atoms with E-state index < -0.39 is 27.6 Å². The summed E-state index contributed by atoms with van der Waals surface area (Å²) >= 11 is 1.16. The molecule has 0 aliphatic carbocycles. The van der Waals surface area contributed by atoms with Crippen molar-refractivity contribution in [1.82, 2.24) is 9.97 Å². The number of thioether (sulfide) groups is 1. The molecular formula is C19H18FN5O3S. The van der Waals surface area contributed by atoms with Gasteiger partial charge in [0.1, 0.15) is 5.82 Å². The fraction of sp³-hybridized carbons (Fsp3) is 0.211. The number of nitrogens with one attached hydrogen (secondary N) is 2. The average molecular weight is 415 g/mol. The molecule has 0 saturated heterocycles. The Morgan fingerprint density at radius 1 is 1.28 bits per heavy atom. The van der Waals surface area contributed by atoms with Crippen molar-refractivity contribution in [2.24, 2.45) is 0 Å². The molecule has 10 heteroatoms. The third-order valence-corrected chi connectivity index (χ3v) is 4.95. The Kier molecular flexibility index (Phi) is 6.23. The number of benzene rings is 2. The van der Waals surface area contributed by atoms with Crippen LogP contribution in [0.5, 0.6) is 0 Å². The number of nitro groups is 1. The number of carbonyl (C=O) groups excluding carboxylic acids is 1. The molecule has 0 spiro atoms. The van der Waals surface area contributed by atoms with Crippen molar-refractivity contribution in [3.63, 3.8) is 0 Å². The highest BCUT2D eigenvalue weighted by Gasteiger charge is 2.20. The van der Waals surface area contributed by atoms with Crippen LogP contribution in [0.4, 0.5) is 21.6 Å². The number of carbonyl (C=O) groups is 1. The van der Waals surface area contributed by atoms with Crippen LogP contribution >= 0.6 is 11.8 Å². The van der Waals surface area contributed by atoms with Gasteiger partial charge in [0.15, 0.2) is 5.16 Å². The van der Waals surface area contributed by atoms with Crippen molar-refractivity contribution in [3.8, 4) is 0 Å². The van der Waals surface area contributed by atoms with E-state index in [0.717, 1.165) is 34.8 Å². The third kappa shape index (κ3) is 4.77. The summed E-state index contributed by atoms with van der Waals surface area (Å²) in [6.07, 6.45) is 0. The zero-order valence-electron chi connectivity index (χ0n) is 15.7. The van der Waals surface area contributed by atoms with Crippen LogP contribution in [0.25, 0.3) is 10.9 Å². The van der Waals surface area contributed by atoms with Gasteiger partial charge in [-0.25, -0.2) is 9.97 Å².